The summed E-state index contributed by atoms with van der Waals surface area (Å²) in [5.74, 6) is -0.252. The van der Waals surface area contributed by atoms with E-state index in [2.05, 4.69) is 20.8 Å². The lowest BCUT2D eigenvalue weighted by Crippen LogP contribution is -2.58. The highest BCUT2D eigenvalue weighted by molar-refractivity contribution is 6.04. The minimum Gasteiger partial charge on any atom is -0.406 e. The Morgan fingerprint density at radius 3 is 2.85 bits per heavy atom. The Labute approximate surface area is 116 Å². The molecule has 1 aromatic rings. The molecule has 1 aliphatic rings. The molecule has 0 saturated carbocycles. The highest BCUT2D eigenvalue weighted by Gasteiger charge is 2.35. The van der Waals surface area contributed by atoms with Crippen molar-refractivity contribution in [1.82, 2.24) is 20.8 Å². The molecular formula is C12H19N5O3. The lowest BCUT2D eigenvalue weighted by molar-refractivity contribution is -0.133. The summed E-state index contributed by atoms with van der Waals surface area (Å²) in [6, 6.07) is -0.328. The number of anilines is 1. The molecular weight excluding hydrogens is 262 g/mol. The first kappa shape index (κ1) is 14.4. The molecule has 0 radical (unpaired) electrons. The second-order valence-electron chi connectivity index (χ2n) is 4.67. The van der Waals surface area contributed by atoms with E-state index in [0.29, 0.717) is 12.3 Å². The van der Waals surface area contributed by atoms with Gasteiger partial charge in [-0.15, -0.1) is 5.10 Å². The molecule has 2 heterocycles. The third kappa shape index (κ3) is 2.79. The molecule has 1 aliphatic heterocycles. The van der Waals surface area contributed by atoms with Crippen LogP contribution in [0.25, 0.3) is 0 Å². The molecule has 0 bridgehead atoms. The Bertz CT molecular complexity index is 501. The molecule has 20 heavy (non-hydrogen) atoms. The van der Waals surface area contributed by atoms with Crippen molar-refractivity contribution in [3.8, 4) is 0 Å². The number of hydrogen-bond acceptors (Lipinski definition) is 7. The Morgan fingerprint density at radius 1 is 1.45 bits per heavy atom. The van der Waals surface area contributed by atoms with Gasteiger partial charge >= 0.3 is 6.01 Å². The van der Waals surface area contributed by atoms with Gasteiger partial charge in [-0.2, -0.15) is 0 Å². The van der Waals surface area contributed by atoms with Gasteiger partial charge in [0.15, 0.2) is 0 Å². The van der Waals surface area contributed by atoms with E-state index in [0.717, 1.165) is 6.54 Å². The molecule has 1 aromatic heterocycles. The van der Waals surface area contributed by atoms with Crippen molar-refractivity contribution in [2.75, 3.05) is 18.0 Å². The van der Waals surface area contributed by atoms with E-state index in [9.17, 15) is 9.59 Å². The molecule has 2 amide bonds. The summed E-state index contributed by atoms with van der Waals surface area (Å²) < 4.78 is 5.58. The quantitative estimate of drug-likeness (QED) is 0.731. The number of rotatable bonds is 5. The van der Waals surface area contributed by atoms with Crippen LogP contribution in [0.3, 0.4) is 0 Å². The van der Waals surface area contributed by atoms with Gasteiger partial charge in [0, 0.05) is 0 Å². The first-order valence-electron chi connectivity index (χ1n) is 6.73. The number of nitrogens with one attached hydrogen (secondary N) is 2. The topological polar surface area (TPSA) is 100 Å². The van der Waals surface area contributed by atoms with Gasteiger partial charge in [0.05, 0.1) is 6.04 Å². The average molecular weight is 281 g/mol. The summed E-state index contributed by atoms with van der Waals surface area (Å²) in [7, 11) is 0. The number of carbonyl (C=O) groups is 2. The Hall–Kier alpha value is -1.96. The van der Waals surface area contributed by atoms with Crippen molar-refractivity contribution < 1.29 is 14.0 Å². The monoisotopic (exact) mass is 281 g/mol. The molecule has 110 valence electrons. The number of aromatic nitrogens is 2. The molecule has 0 aromatic carbocycles. The van der Waals surface area contributed by atoms with Crippen molar-refractivity contribution in [3.05, 3.63) is 5.89 Å². The number of hydrogen-bond donors (Lipinski definition) is 2. The maximum atomic E-state index is 11.8. The van der Waals surface area contributed by atoms with Gasteiger partial charge in [-0.05, 0) is 19.9 Å². The van der Waals surface area contributed by atoms with E-state index >= 15 is 0 Å². The standard InChI is InChI=1S/C12H19N5O3/c1-4-8-10(19)14-9(18)6-17(8)12-16-15-11(20-12)7(3)13-5-2/h7-8,13H,4-6H2,1-3H3,(H,14,18,19). The smallest absolute Gasteiger partial charge is 0.319 e. The first-order chi connectivity index (χ1) is 9.56. The normalized spacial score (nSPS) is 20.9. The number of imide groups is 1. The Morgan fingerprint density at radius 2 is 2.20 bits per heavy atom. The molecule has 1 fully saturated rings. The van der Waals surface area contributed by atoms with Crippen molar-refractivity contribution in [2.24, 2.45) is 0 Å². The van der Waals surface area contributed by atoms with Crippen LogP contribution in [0.4, 0.5) is 6.01 Å². The maximum absolute atomic E-state index is 11.8. The number of nitrogens with zero attached hydrogens (tertiary/aromatic N) is 3. The molecule has 2 N–H and O–H groups in total. The van der Waals surface area contributed by atoms with Gasteiger partial charge in [-0.25, -0.2) is 0 Å². The fourth-order valence-corrected chi connectivity index (χ4v) is 2.18. The largest absolute Gasteiger partial charge is 0.406 e. The van der Waals surface area contributed by atoms with Crippen molar-refractivity contribution in [3.63, 3.8) is 0 Å². The van der Waals surface area contributed by atoms with E-state index < -0.39 is 6.04 Å². The van der Waals surface area contributed by atoms with E-state index in [1.807, 2.05) is 20.8 Å². The maximum Gasteiger partial charge on any atom is 0.319 e. The lowest BCUT2D eigenvalue weighted by Gasteiger charge is -2.31. The summed E-state index contributed by atoms with van der Waals surface area (Å²) in [4.78, 5) is 24.8. The van der Waals surface area contributed by atoms with E-state index in [1.165, 1.54) is 0 Å². The second-order valence-corrected chi connectivity index (χ2v) is 4.67. The summed E-state index contributed by atoms with van der Waals surface area (Å²) in [5.41, 5.74) is 0. The number of piperazine rings is 1. The molecule has 2 rings (SSSR count). The second kappa shape index (κ2) is 6.00. The van der Waals surface area contributed by atoms with Gasteiger partial charge in [-0.3, -0.25) is 14.9 Å². The van der Waals surface area contributed by atoms with Crippen LogP contribution in [0.2, 0.25) is 0 Å². The van der Waals surface area contributed by atoms with Crippen molar-refractivity contribution in [2.45, 2.75) is 39.3 Å². The van der Waals surface area contributed by atoms with Crippen molar-refractivity contribution in [1.29, 1.82) is 0 Å². The summed E-state index contributed by atoms with van der Waals surface area (Å²) in [5, 5.41) is 13.4. The highest BCUT2D eigenvalue weighted by atomic mass is 16.4. The van der Waals surface area contributed by atoms with Crippen LogP contribution in [0, 0.1) is 0 Å². The summed E-state index contributed by atoms with van der Waals surface area (Å²) >= 11 is 0. The molecule has 8 nitrogen and oxygen atoms in total. The minimum atomic E-state index is -0.463. The summed E-state index contributed by atoms with van der Waals surface area (Å²) in [6.45, 7) is 6.58. The fourth-order valence-electron chi connectivity index (χ4n) is 2.18. The Kier molecular flexibility index (Phi) is 4.33. The SMILES string of the molecule is CCNC(C)c1nnc(N2CC(=O)NC(=O)C2CC)o1. The molecule has 8 heteroatoms. The zero-order valence-corrected chi connectivity index (χ0v) is 11.8. The van der Waals surface area contributed by atoms with Crippen LogP contribution in [0.1, 0.15) is 39.1 Å². The molecule has 2 atom stereocenters. The zero-order valence-electron chi connectivity index (χ0n) is 11.8. The van der Waals surface area contributed by atoms with Crippen LogP contribution in [0.5, 0.6) is 0 Å². The highest BCUT2D eigenvalue weighted by Crippen LogP contribution is 2.21. The molecule has 2 unspecified atom stereocenters. The number of amides is 2. The van der Waals surface area contributed by atoms with Gasteiger partial charge in [-0.1, -0.05) is 18.9 Å². The number of carbonyl (C=O) groups excluding carboxylic acids is 2. The predicted octanol–water partition coefficient (Wildman–Crippen LogP) is -0.0185. The van der Waals surface area contributed by atoms with Crippen LogP contribution in [-0.2, 0) is 9.59 Å². The van der Waals surface area contributed by atoms with E-state index in [1.54, 1.807) is 4.90 Å². The van der Waals surface area contributed by atoms with Crippen molar-refractivity contribution >= 4 is 17.8 Å². The first-order valence-corrected chi connectivity index (χ1v) is 6.73. The van der Waals surface area contributed by atoms with Crippen LogP contribution < -0.4 is 15.5 Å². The predicted molar refractivity (Wildman–Crippen MR) is 71.0 cm³/mol. The molecule has 0 aliphatic carbocycles. The van der Waals surface area contributed by atoms with Crippen LogP contribution >= 0.6 is 0 Å². The fraction of sp³-hybridized carbons (Fsp3) is 0.667. The van der Waals surface area contributed by atoms with Crippen LogP contribution in [-0.4, -0.2) is 41.1 Å². The third-order valence-electron chi connectivity index (χ3n) is 3.20. The average Bonchev–Trinajstić information content (AvgIpc) is 2.87. The minimum absolute atomic E-state index is 0.0431. The van der Waals surface area contributed by atoms with Gasteiger partial charge < -0.3 is 14.6 Å². The van der Waals surface area contributed by atoms with E-state index in [4.69, 9.17) is 4.42 Å². The zero-order chi connectivity index (χ0) is 14.7. The Balaban J connectivity index is 2.20. The van der Waals surface area contributed by atoms with E-state index in [-0.39, 0.29) is 30.4 Å². The molecule has 0 spiro atoms. The molecule has 1 saturated heterocycles. The van der Waals surface area contributed by atoms with Gasteiger partial charge in [0.1, 0.15) is 12.6 Å². The van der Waals surface area contributed by atoms with Crippen LogP contribution in [0.15, 0.2) is 4.42 Å². The van der Waals surface area contributed by atoms with Gasteiger partial charge in [0.2, 0.25) is 17.7 Å². The van der Waals surface area contributed by atoms with Gasteiger partial charge in [0.25, 0.3) is 0 Å². The summed E-state index contributed by atoms with van der Waals surface area (Å²) in [6.07, 6.45) is 0.555. The third-order valence-corrected chi connectivity index (χ3v) is 3.20. The lowest BCUT2D eigenvalue weighted by atomic mass is 10.1.